The van der Waals surface area contributed by atoms with Gasteiger partial charge in [-0.15, -0.1) is 0 Å². The maximum absolute atomic E-state index is 13.4. The number of nitrogens with one attached hydrogen (secondary N) is 1. The van der Waals surface area contributed by atoms with E-state index in [2.05, 4.69) is 0 Å². The maximum atomic E-state index is 13.4. The Labute approximate surface area is 135 Å². The van der Waals surface area contributed by atoms with Crippen LogP contribution in [-0.2, 0) is 12.4 Å². The zero-order valence-electron chi connectivity index (χ0n) is 11.9. The molecule has 2 rings (SSSR count). The number of hydrogen-bond donors (Lipinski definition) is 1. The van der Waals surface area contributed by atoms with E-state index in [-0.39, 0.29) is 18.2 Å². The van der Waals surface area contributed by atoms with Crippen LogP contribution in [-0.4, -0.2) is 5.91 Å². The molecule has 10 heteroatoms. The summed E-state index contributed by atoms with van der Waals surface area (Å²) in [6.45, 7) is 0. The van der Waals surface area contributed by atoms with E-state index in [0.717, 1.165) is 6.07 Å². The van der Waals surface area contributed by atoms with Gasteiger partial charge in [0.2, 0.25) is 0 Å². The van der Waals surface area contributed by atoms with Crippen molar-refractivity contribution in [3.63, 3.8) is 0 Å². The zero-order valence-corrected chi connectivity index (χ0v) is 11.9. The SMILES string of the molecule is O=C(Nc1cc(F)ccc1F)c1cc(C(F)(F)F)cc(C(F)(F)F)c1. The number of rotatable bonds is 2. The first-order valence-electron chi connectivity index (χ1n) is 6.44. The molecule has 0 heterocycles. The lowest BCUT2D eigenvalue weighted by atomic mass is 10.0. The van der Waals surface area contributed by atoms with Crippen LogP contribution in [0.15, 0.2) is 36.4 Å². The van der Waals surface area contributed by atoms with Gasteiger partial charge < -0.3 is 5.32 Å². The van der Waals surface area contributed by atoms with Gasteiger partial charge in [0, 0.05) is 11.6 Å². The number of anilines is 1. The van der Waals surface area contributed by atoms with Crippen molar-refractivity contribution in [2.24, 2.45) is 0 Å². The minimum Gasteiger partial charge on any atom is -0.319 e. The molecule has 0 aromatic heterocycles. The molecule has 1 N–H and O–H groups in total. The third kappa shape index (κ3) is 4.46. The van der Waals surface area contributed by atoms with Crippen LogP contribution in [0.3, 0.4) is 0 Å². The lowest BCUT2D eigenvalue weighted by Crippen LogP contribution is -2.17. The van der Waals surface area contributed by atoms with Gasteiger partial charge in [0.1, 0.15) is 11.6 Å². The highest BCUT2D eigenvalue weighted by Gasteiger charge is 2.37. The molecule has 0 saturated carbocycles. The Balaban J connectivity index is 2.46. The van der Waals surface area contributed by atoms with Crippen LogP contribution in [0.4, 0.5) is 40.8 Å². The highest BCUT2D eigenvalue weighted by molar-refractivity contribution is 6.04. The van der Waals surface area contributed by atoms with E-state index in [1.807, 2.05) is 0 Å². The third-order valence-corrected chi connectivity index (χ3v) is 3.03. The quantitative estimate of drug-likeness (QED) is 0.720. The first-order valence-corrected chi connectivity index (χ1v) is 6.44. The Kier molecular flexibility index (Phi) is 4.74. The van der Waals surface area contributed by atoms with Gasteiger partial charge in [-0.3, -0.25) is 4.79 Å². The topological polar surface area (TPSA) is 29.1 Å². The highest BCUT2D eigenvalue weighted by atomic mass is 19.4. The molecule has 0 aliphatic rings. The summed E-state index contributed by atoms with van der Waals surface area (Å²) in [5, 5.41) is 1.74. The van der Waals surface area contributed by atoms with E-state index >= 15 is 0 Å². The standard InChI is InChI=1S/C15H7F8NO/c16-10-1-2-11(17)12(6-10)24-13(25)7-3-8(14(18,19)20)5-9(4-7)15(21,22)23/h1-6H,(H,24,25). The first-order chi connectivity index (χ1) is 11.4. The van der Waals surface area contributed by atoms with Crippen LogP contribution in [0.2, 0.25) is 0 Å². The summed E-state index contributed by atoms with van der Waals surface area (Å²) in [5.74, 6) is -3.53. The van der Waals surface area contributed by atoms with E-state index in [9.17, 15) is 39.9 Å². The number of carbonyl (C=O) groups is 1. The second-order valence-electron chi connectivity index (χ2n) is 4.87. The average molecular weight is 369 g/mol. The van der Waals surface area contributed by atoms with Crippen molar-refractivity contribution < 1.29 is 39.9 Å². The summed E-state index contributed by atoms with van der Waals surface area (Å²) >= 11 is 0. The van der Waals surface area contributed by atoms with Crippen molar-refractivity contribution in [3.8, 4) is 0 Å². The Bertz CT molecular complexity index is 778. The van der Waals surface area contributed by atoms with Gasteiger partial charge in [0.15, 0.2) is 0 Å². The molecule has 0 saturated heterocycles. The number of halogens is 8. The average Bonchev–Trinajstić information content (AvgIpc) is 2.48. The van der Waals surface area contributed by atoms with Crippen molar-refractivity contribution in [1.82, 2.24) is 0 Å². The van der Waals surface area contributed by atoms with E-state index in [1.165, 1.54) is 0 Å². The molecule has 0 bridgehead atoms. The summed E-state index contributed by atoms with van der Waals surface area (Å²) in [6.07, 6.45) is -10.3. The normalized spacial score (nSPS) is 12.2. The molecule has 2 nitrogen and oxygen atoms in total. The largest absolute Gasteiger partial charge is 0.416 e. The fraction of sp³-hybridized carbons (Fsp3) is 0.133. The molecule has 0 aliphatic carbocycles. The molecule has 2 aromatic carbocycles. The highest BCUT2D eigenvalue weighted by Crippen LogP contribution is 2.36. The summed E-state index contributed by atoms with van der Waals surface area (Å²) in [4.78, 5) is 11.9. The summed E-state index contributed by atoms with van der Waals surface area (Å²) in [7, 11) is 0. The second-order valence-corrected chi connectivity index (χ2v) is 4.87. The first kappa shape index (κ1) is 18.7. The molecular weight excluding hydrogens is 362 g/mol. The fourth-order valence-corrected chi connectivity index (χ4v) is 1.87. The van der Waals surface area contributed by atoms with Gasteiger partial charge in [-0.05, 0) is 30.3 Å². The lowest BCUT2D eigenvalue weighted by Gasteiger charge is -2.14. The van der Waals surface area contributed by atoms with Crippen LogP contribution >= 0.6 is 0 Å². The predicted molar refractivity (Wildman–Crippen MR) is 70.8 cm³/mol. The van der Waals surface area contributed by atoms with Gasteiger partial charge in [0.25, 0.3) is 5.91 Å². The number of amides is 1. The Morgan fingerprint density at radius 2 is 1.32 bits per heavy atom. The van der Waals surface area contributed by atoms with E-state index in [4.69, 9.17) is 0 Å². The van der Waals surface area contributed by atoms with Gasteiger partial charge >= 0.3 is 12.4 Å². The van der Waals surface area contributed by atoms with Gasteiger partial charge in [-0.1, -0.05) is 0 Å². The molecule has 0 fully saturated rings. The summed E-state index contributed by atoms with van der Waals surface area (Å²) in [5.41, 5.74) is -5.14. The minimum atomic E-state index is -5.14. The number of benzene rings is 2. The van der Waals surface area contributed by atoms with Crippen molar-refractivity contribution in [3.05, 3.63) is 64.7 Å². The lowest BCUT2D eigenvalue weighted by molar-refractivity contribution is -0.143. The third-order valence-electron chi connectivity index (χ3n) is 3.03. The fourth-order valence-electron chi connectivity index (χ4n) is 1.87. The monoisotopic (exact) mass is 369 g/mol. The van der Waals surface area contributed by atoms with Crippen LogP contribution in [0.25, 0.3) is 0 Å². The smallest absolute Gasteiger partial charge is 0.319 e. The van der Waals surface area contributed by atoms with Crippen LogP contribution in [0.1, 0.15) is 21.5 Å². The van der Waals surface area contributed by atoms with Crippen molar-refractivity contribution in [2.75, 3.05) is 5.32 Å². The van der Waals surface area contributed by atoms with Crippen molar-refractivity contribution in [1.29, 1.82) is 0 Å². The van der Waals surface area contributed by atoms with Crippen LogP contribution in [0, 0.1) is 11.6 Å². The molecule has 0 spiro atoms. The minimum absolute atomic E-state index is 0.153. The number of carbonyl (C=O) groups excluding carboxylic acids is 1. The molecule has 2 aromatic rings. The van der Waals surface area contributed by atoms with Crippen molar-refractivity contribution in [2.45, 2.75) is 12.4 Å². The molecule has 134 valence electrons. The summed E-state index contributed by atoms with van der Waals surface area (Å²) < 4.78 is 103. The molecular formula is C15H7F8NO. The second kappa shape index (κ2) is 6.34. The predicted octanol–water partition coefficient (Wildman–Crippen LogP) is 5.25. The molecule has 0 atom stereocenters. The van der Waals surface area contributed by atoms with Gasteiger partial charge in [0.05, 0.1) is 16.8 Å². The summed E-state index contributed by atoms with van der Waals surface area (Å²) in [6, 6.07) is 2.10. The number of alkyl halides is 6. The van der Waals surface area contributed by atoms with Crippen molar-refractivity contribution >= 4 is 11.6 Å². The van der Waals surface area contributed by atoms with E-state index in [0.29, 0.717) is 12.1 Å². The molecule has 0 radical (unpaired) electrons. The molecule has 0 unspecified atom stereocenters. The van der Waals surface area contributed by atoms with Crippen LogP contribution < -0.4 is 5.32 Å². The van der Waals surface area contributed by atoms with E-state index < -0.39 is 52.3 Å². The molecule has 0 aliphatic heterocycles. The maximum Gasteiger partial charge on any atom is 0.416 e. The Hall–Kier alpha value is -2.65. The molecule has 25 heavy (non-hydrogen) atoms. The Morgan fingerprint density at radius 1 is 0.800 bits per heavy atom. The van der Waals surface area contributed by atoms with E-state index in [1.54, 1.807) is 5.32 Å². The van der Waals surface area contributed by atoms with Gasteiger partial charge in [-0.25, -0.2) is 8.78 Å². The molecule has 1 amide bonds. The number of hydrogen-bond acceptors (Lipinski definition) is 1. The van der Waals surface area contributed by atoms with Crippen LogP contribution in [0.5, 0.6) is 0 Å². The van der Waals surface area contributed by atoms with Gasteiger partial charge in [-0.2, -0.15) is 26.3 Å². The zero-order chi connectivity index (χ0) is 19.0. The Morgan fingerprint density at radius 3 is 1.80 bits per heavy atom.